The van der Waals surface area contributed by atoms with Crippen LogP contribution in [0.5, 0.6) is 0 Å². The van der Waals surface area contributed by atoms with E-state index in [9.17, 15) is 4.79 Å². The van der Waals surface area contributed by atoms with Crippen molar-refractivity contribution in [2.45, 2.75) is 19.9 Å². The predicted molar refractivity (Wildman–Crippen MR) is 62.1 cm³/mol. The molecular weight excluding hydrogens is 228 g/mol. The van der Waals surface area contributed by atoms with Crippen molar-refractivity contribution in [1.29, 1.82) is 0 Å². The summed E-state index contributed by atoms with van der Waals surface area (Å²) in [7, 11) is 0. The van der Waals surface area contributed by atoms with Gasteiger partial charge in [-0.25, -0.2) is 9.78 Å². The zero-order valence-corrected chi connectivity index (χ0v) is 9.69. The van der Waals surface area contributed by atoms with E-state index < -0.39 is 5.97 Å². The quantitative estimate of drug-likeness (QED) is 0.819. The third-order valence-electron chi connectivity index (χ3n) is 2.44. The third-order valence-corrected chi connectivity index (χ3v) is 2.72. The molecule has 0 saturated heterocycles. The average molecular weight is 239 g/mol. The average Bonchev–Trinajstić information content (AvgIpc) is 2.58. The summed E-state index contributed by atoms with van der Waals surface area (Å²) in [5.74, 6) is -0.957. The summed E-state index contributed by atoms with van der Waals surface area (Å²) in [6.07, 6.45) is 1.57. The van der Waals surface area contributed by atoms with Crippen LogP contribution >= 0.6 is 11.6 Å². The highest BCUT2D eigenvalue weighted by molar-refractivity contribution is 6.34. The number of carboxylic acids is 1. The van der Waals surface area contributed by atoms with Gasteiger partial charge in [0.1, 0.15) is 5.69 Å². The lowest BCUT2D eigenvalue weighted by molar-refractivity contribution is 0.0684. The zero-order chi connectivity index (χ0) is 11.9. The van der Waals surface area contributed by atoms with Crippen LogP contribution in [0.15, 0.2) is 18.3 Å². The number of hydrogen-bond donors (Lipinski definition) is 1. The van der Waals surface area contributed by atoms with E-state index in [1.807, 2.05) is 13.8 Å². The van der Waals surface area contributed by atoms with Crippen LogP contribution in [0.3, 0.4) is 0 Å². The maximum Gasteiger partial charge on any atom is 0.352 e. The van der Waals surface area contributed by atoms with Crippen LogP contribution in [0.4, 0.5) is 0 Å². The van der Waals surface area contributed by atoms with E-state index in [1.165, 1.54) is 0 Å². The van der Waals surface area contributed by atoms with E-state index in [-0.39, 0.29) is 11.7 Å². The van der Waals surface area contributed by atoms with Gasteiger partial charge in [0, 0.05) is 17.6 Å². The molecule has 84 valence electrons. The first-order chi connectivity index (χ1) is 7.52. The molecule has 16 heavy (non-hydrogen) atoms. The lowest BCUT2D eigenvalue weighted by Crippen LogP contribution is -2.10. The SMILES string of the molecule is CC(C)n1c(C(=O)O)cc2ccnc(Cl)c21. The minimum Gasteiger partial charge on any atom is -0.477 e. The fraction of sp³-hybridized carbons (Fsp3) is 0.273. The minimum atomic E-state index is -0.957. The first-order valence-electron chi connectivity index (χ1n) is 4.91. The van der Waals surface area contributed by atoms with Crippen LogP contribution < -0.4 is 0 Å². The summed E-state index contributed by atoms with van der Waals surface area (Å²) in [5, 5.41) is 10.3. The molecule has 0 aromatic carbocycles. The Kier molecular flexibility index (Phi) is 2.59. The van der Waals surface area contributed by atoms with Gasteiger partial charge in [0.15, 0.2) is 5.15 Å². The lowest BCUT2D eigenvalue weighted by Gasteiger charge is -2.12. The van der Waals surface area contributed by atoms with E-state index in [4.69, 9.17) is 16.7 Å². The summed E-state index contributed by atoms with van der Waals surface area (Å²) in [4.78, 5) is 15.1. The standard InChI is InChI=1S/C11H11ClN2O2/c1-6(2)14-8(11(15)16)5-7-3-4-13-10(12)9(7)14/h3-6H,1-2H3,(H,15,16). The monoisotopic (exact) mass is 238 g/mol. The first kappa shape index (κ1) is 11.0. The van der Waals surface area contributed by atoms with E-state index in [2.05, 4.69) is 4.98 Å². The van der Waals surface area contributed by atoms with Crippen molar-refractivity contribution in [2.24, 2.45) is 0 Å². The highest BCUT2D eigenvalue weighted by Crippen LogP contribution is 2.28. The Morgan fingerprint density at radius 3 is 2.81 bits per heavy atom. The topological polar surface area (TPSA) is 55.1 Å². The van der Waals surface area contributed by atoms with Gasteiger partial charge in [0.05, 0.1) is 5.52 Å². The van der Waals surface area contributed by atoms with Crippen LogP contribution in [0.25, 0.3) is 10.9 Å². The number of carboxylic acid groups (broad SMARTS) is 1. The van der Waals surface area contributed by atoms with Gasteiger partial charge in [-0.3, -0.25) is 0 Å². The molecular formula is C11H11ClN2O2. The van der Waals surface area contributed by atoms with Gasteiger partial charge >= 0.3 is 5.97 Å². The molecule has 2 heterocycles. The number of fused-ring (bicyclic) bond motifs is 1. The van der Waals surface area contributed by atoms with Crippen molar-refractivity contribution in [1.82, 2.24) is 9.55 Å². The fourth-order valence-corrected chi connectivity index (χ4v) is 2.09. The maximum absolute atomic E-state index is 11.1. The van der Waals surface area contributed by atoms with E-state index in [0.29, 0.717) is 10.7 Å². The number of carbonyl (C=O) groups is 1. The van der Waals surface area contributed by atoms with Crippen LogP contribution in [0.2, 0.25) is 5.15 Å². The van der Waals surface area contributed by atoms with Crippen molar-refractivity contribution < 1.29 is 9.90 Å². The molecule has 0 spiro atoms. The number of rotatable bonds is 2. The van der Waals surface area contributed by atoms with E-state index >= 15 is 0 Å². The van der Waals surface area contributed by atoms with Gasteiger partial charge in [0.25, 0.3) is 0 Å². The second-order valence-corrected chi connectivity index (χ2v) is 4.20. The van der Waals surface area contributed by atoms with Gasteiger partial charge in [-0.2, -0.15) is 0 Å². The molecule has 0 bridgehead atoms. The Bertz CT molecular complexity index is 560. The summed E-state index contributed by atoms with van der Waals surface area (Å²) >= 11 is 6.00. The molecule has 1 N–H and O–H groups in total. The summed E-state index contributed by atoms with van der Waals surface area (Å²) in [6, 6.07) is 3.39. The van der Waals surface area contributed by atoms with Crippen LogP contribution in [-0.2, 0) is 0 Å². The Labute approximate surface area is 97.5 Å². The maximum atomic E-state index is 11.1. The third kappa shape index (κ3) is 1.55. The predicted octanol–water partition coefficient (Wildman–Crippen LogP) is 2.97. The molecule has 0 aliphatic rings. The Balaban J connectivity index is 2.88. The van der Waals surface area contributed by atoms with Crippen LogP contribution in [0.1, 0.15) is 30.4 Å². The molecule has 0 radical (unpaired) electrons. The van der Waals surface area contributed by atoms with Crippen molar-refractivity contribution in [2.75, 3.05) is 0 Å². The molecule has 0 aliphatic heterocycles. The molecule has 2 aromatic rings. The van der Waals surface area contributed by atoms with Gasteiger partial charge < -0.3 is 9.67 Å². The zero-order valence-electron chi connectivity index (χ0n) is 8.94. The normalized spacial score (nSPS) is 11.2. The summed E-state index contributed by atoms with van der Waals surface area (Å²) < 4.78 is 1.69. The molecule has 2 aromatic heterocycles. The molecule has 2 rings (SSSR count). The molecule has 0 atom stereocenters. The van der Waals surface area contributed by atoms with Crippen molar-refractivity contribution >= 4 is 28.5 Å². The highest BCUT2D eigenvalue weighted by atomic mass is 35.5. The second-order valence-electron chi connectivity index (χ2n) is 3.84. The molecule has 0 unspecified atom stereocenters. The van der Waals surface area contributed by atoms with Crippen molar-refractivity contribution in [3.05, 3.63) is 29.2 Å². The smallest absolute Gasteiger partial charge is 0.352 e. The Morgan fingerprint density at radius 2 is 2.25 bits per heavy atom. The van der Waals surface area contributed by atoms with Gasteiger partial charge in [-0.15, -0.1) is 0 Å². The van der Waals surface area contributed by atoms with E-state index in [1.54, 1.807) is 22.9 Å². The highest BCUT2D eigenvalue weighted by Gasteiger charge is 2.18. The largest absolute Gasteiger partial charge is 0.477 e. The number of nitrogens with zero attached hydrogens (tertiary/aromatic N) is 2. The number of aromatic carboxylic acids is 1. The number of aromatic nitrogens is 2. The van der Waals surface area contributed by atoms with Crippen LogP contribution in [0, 0.1) is 0 Å². The van der Waals surface area contributed by atoms with Gasteiger partial charge in [-0.1, -0.05) is 11.6 Å². The molecule has 0 saturated carbocycles. The minimum absolute atomic E-state index is 0.0188. The van der Waals surface area contributed by atoms with Crippen molar-refractivity contribution in [3.63, 3.8) is 0 Å². The number of hydrogen-bond acceptors (Lipinski definition) is 2. The lowest BCUT2D eigenvalue weighted by atomic mass is 10.3. The summed E-state index contributed by atoms with van der Waals surface area (Å²) in [6.45, 7) is 3.82. The first-order valence-corrected chi connectivity index (χ1v) is 5.29. The van der Waals surface area contributed by atoms with Crippen molar-refractivity contribution in [3.8, 4) is 0 Å². The van der Waals surface area contributed by atoms with E-state index in [0.717, 1.165) is 5.39 Å². The number of halogens is 1. The summed E-state index contributed by atoms with van der Waals surface area (Å²) in [5.41, 5.74) is 0.913. The van der Waals surface area contributed by atoms with Gasteiger partial charge in [0.2, 0.25) is 0 Å². The molecule has 0 aliphatic carbocycles. The van der Waals surface area contributed by atoms with Crippen LogP contribution in [-0.4, -0.2) is 20.6 Å². The molecule has 5 heteroatoms. The fourth-order valence-electron chi connectivity index (χ4n) is 1.84. The molecule has 4 nitrogen and oxygen atoms in total. The molecule has 0 amide bonds. The Morgan fingerprint density at radius 1 is 1.56 bits per heavy atom. The second kappa shape index (κ2) is 3.79. The molecule has 0 fully saturated rings. The Hall–Kier alpha value is -1.55. The number of pyridine rings is 1. The van der Waals surface area contributed by atoms with Gasteiger partial charge in [-0.05, 0) is 26.0 Å².